The van der Waals surface area contributed by atoms with Gasteiger partial charge in [0.05, 0.1) is 6.20 Å². The largest absolute Gasteiger partial charge is 0.507 e. The zero-order valence-corrected chi connectivity index (χ0v) is 8.14. The highest BCUT2D eigenvalue weighted by Crippen LogP contribution is 2.26. The van der Waals surface area contributed by atoms with Crippen LogP contribution >= 0.6 is 0 Å². The summed E-state index contributed by atoms with van der Waals surface area (Å²) < 4.78 is 0. The molecule has 0 saturated heterocycles. The third-order valence-corrected chi connectivity index (χ3v) is 2.00. The lowest BCUT2D eigenvalue weighted by Gasteiger charge is -2.06. The maximum atomic E-state index is 11.7. The van der Waals surface area contributed by atoms with Crippen molar-refractivity contribution in [3.8, 4) is 11.5 Å². The van der Waals surface area contributed by atoms with Crippen LogP contribution in [0.2, 0.25) is 0 Å². The zero-order chi connectivity index (χ0) is 11.5. The molecule has 1 aromatic heterocycles. The van der Waals surface area contributed by atoms with Crippen LogP contribution in [0.1, 0.15) is 10.4 Å². The van der Waals surface area contributed by atoms with Crippen molar-refractivity contribution in [3.63, 3.8) is 0 Å². The summed E-state index contributed by atoms with van der Waals surface area (Å²) in [5.41, 5.74) is -0.169. The fraction of sp³-hybridized carbons (Fsp3) is 0. The van der Waals surface area contributed by atoms with E-state index in [1.807, 2.05) is 0 Å². The Balaban J connectivity index is 2.28. The molecule has 4 N–H and O–H groups in total. The van der Waals surface area contributed by atoms with Crippen molar-refractivity contribution >= 4 is 11.7 Å². The maximum absolute atomic E-state index is 11.7. The van der Waals surface area contributed by atoms with Gasteiger partial charge in [0.25, 0.3) is 5.91 Å². The van der Waals surface area contributed by atoms with Crippen molar-refractivity contribution in [2.24, 2.45) is 0 Å². The molecule has 0 unspecified atom stereocenters. The third kappa shape index (κ3) is 1.81. The molecule has 0 atom stereocenters. The number of phenolic OH excluding ortho intramolecular Hbond substituents is 2. The number of aromatic nitrogens is 2. The molecule has 2 rings (SSSR count). The van der Waals surface area contributed by atoms with Gasteiger partial charge >= 0.3 is 0 Å². The molecule has 1 heterocycles. The normalized spacial score (nSPS) is 10.0. The quantitative estimate of drug-likeness (QED) is 0.607. The SMILES string of the molecule is O=C(Nc1ccn[nH]1)c1c(O)cccc1O. The second-order valence-electron chi connectivity index (χ2n) is 3.10. The van der Waals surface area contributed by atoms with Crippen LogP contribution in [0.5, 0.6) is 11.5 Å². The molecular weight excluding hydrogens is 210 g/mol. The number of hydrogen-bond acceptors (Lipinski definition) is 4. The first kappa shape index (κ1) is 10.0. The van der Waals surface area contributed by atoms with Crippen molar-refractivity contribution < 1.29 is 15.0 Å². The Labute approximate surface area is 90.6 Å². The van der Waals surface area contributed by atoms with Crippen LogP contribution in [0.4, 0.5) is 5.82 Å². The fourth-order valence-corrected chi connectivity index (χ4v) is 1.27. The van der Waals surface area contributed by atoms with Crippen LogP contribution < -0.4 is 5.32 Å². The van der Waals surface area contributed by atoms with E-state index in [4.69, 9.17) is 0 Å². The number of phenols is 2. The molecule has 6 nitrogen and oxygen atoms in total. The Bertz CT molecular complexity index is 488. The summed E-state index contributed by atoms with van der Waals surface area (Å²) in [6.07, 6.45) is 1.47. The van der Waals surface area contributed by atoms with E-state index in [1.54, 1.807) is 6.07 Å². The number of aromatic hydroxyl groups is 2. The van der Waals surface area contributed by atoms with Crippen LogP contribution in [-0.2, 0) is 0 Å². The molecule has 16 heavy (non-hydrogen) atoms. The average Bonchev–Trinajstić information content (AvgIpc) is 2.70. The monoisotopic (exact) mass is 219 g/mol. The molecule has 2 aromatic rings. The van der Waals surface area contributed by atoms with Gasteiger partial charge in [0.2, 0.25) is 0 Å². The van der Waals surface area contributed by atoms with Gasteiger partial charge in [-0.3, -0.25) is 9.89 Å². The zero-order valence-electron chi connectivity index (χ0n) is 8.14. The maximum Gasteiger partial charge on any atom is 0.264 e. The van der Waals surface area contributed by atoms with Crippen molar-refractivity contribution in [2.45, 2.75) is 0 Å². The number of nitrogens with zero attached hydrogens (tertiary/aromatic N) is 1. The summed E-state index contributed by atoms with van der Waals surface area (Å²) in [5.74, 6) is -0.790. The van der Waals surface area contributed by atoms with Gasteiger partial charge in [-0.05, 0) is 12.1 Å². The summed E-state index contributed by atoms with van der Waals surface area (Å²) in [7, 11) is 0. The summed E-state index contributed by atoms with van der Waals surface area (Å²) in [6, 6.07) is 5.63. The van der Waals surface area contributed by atoms with E-state index < -0.39 is 5.91 Å². The molecule has 1 aromatic carbocycles. The first-order chi connectivity index (χ1) is 7.68. The number of rotatable bonds is 2. The van der Waals surface area contributed by atoms with Gasteiger partial charge in [-0.1, -0.05) is 6.07 Å². The predicted octanol–water partition coefficient (Wildman–Crippen LogP) is 1.07. The lowest BCUT2D eigenvalue weighted by Crippen LogP contribution is -2.12. The highest BCUT2D eigenvalue weighted by atomic mass is 16.3. The van der Waals surface area contributed by atoms with Gasteiger partial charge in [0, 0.05) is 6.07 Å². The Morgan fingerprint density at radius 2 is 1.94 bits per heavy atom. The average molecular weight is 219 g/mol. The fourth-order valence-electron chi connectivity index (χ4n) is 1.27. The number of anilines is 1. The van der Waals surface area contributed by atoms with Crippen LogP contribution in [0.3, 0.4) is 0 Å². The van der Waals surface area contributed by atoms with Crippen molar-refractivity contribution in [3.05, 3.63) is 36.0 Å². The molecule has 0 bridgehead atoms. The highest BCUT2D eigenvalue weighted by Gasteiger charge is 2.16. The Morgan fingerprint density at radius 3 is 2.50 bits per heavy atom. The van der Waals surface area contributed by atoms with Crippen molar-refractivity contribution in [2.75, 3.05) is 5.32 Å². The summed E-state index contributed by atoms with van der Waals surface area (Å²) in [5, 5.41) is 27.5. The van der Waals surface area contributed by atoms with E-state index in [0.717, 1.165) is 0 Å². The molecule has 0 spiro atoms. The van der Waals surface area contributed by atoms with Crippen molar-refractivity contribution in [1.29, 1.82) is 0 Å². The highest BCUT2D eigenvalue weighted by molar-refractivity contribution is 6.07. The minimum Gasteiger partial charge on any atom is -0.507 e. The molecule has 6 heteroatoms. The number of nitrogens with one attached hydrogen (secondary N) is 2. The number of carbonyl (C=O) groups excluding carboxylic acids is 1. The number of amides is 1. The van der Waals surface area contributed by atoms with Crippen molar-refractivity contribution in [1.82, 2.24) is 10.2 Å². The summed E-state index contributed by atoms with van der Waals surface area (Å²) >= 11 is 0. The van der Waals surface area contributed by atoms with Gasteiger partial charge < -0.3 is 15.5 Å². The number of aromatic amines is 1. The number of benzene rings is 1. The van der Waals surface area contributed by atoms with Gasteiger partial charge in [-0.25, -0.2) is 0 Å². The van der Waals surface area contributed by atoms with E-state index in [-0.39, 0.29) is 17.1 Å². The molecule has 0 aliphatic heterocycles. The van der Waals surface area contributed by atoms with Gasteiger partial charge in [-0.2, -0.15) is 5.10 Å². The molecule has 0 aliphatic rings. The minimum absolute atomic E-state index is 0.169. The number of H-pyrrole nitrogens is 1. The first-order valence-corrected chi connectivity index (χ1v) is 4.50. The molecule has 1 amide bonds. The van der Waals surface area contributed by atoms with E-state index >= 15 is 0 Å². The van der Waals surface area contributed by atoms with Crippen LogP contribution in [-0.4, -0.2) is 26.3 Å². The minimum atomic E-state index is -0.611. The van der Waals surface area contributed by atoms with E-state index in [1.165, 1.54) is 24.4 Å². The molecule has 0 fully saturated rings. The second-order valence-corrected chi connectivity index (χ2v) is 3.10. The number of hydrogen-bond donors (Lipinski definition) is 4. The topological polar surface area (TPSA) is 98.2 Å². The van der Waals surface area contributed by atoms with Gasteiger partial charge in [0.1, 0.15) is 22.9 Å². The third-order valence-electron chi connectivity index (χ3n) is 2.00. The first-order valence-electron chi connectivity index (χ1n) is 4.50. The lowest BCUT2D eigenvalue weighted by molar-refractivity contribution is 0.102. The number of carbonyl (C=O) groups is 1. The van der Waals surface area contributed by atoms with Crippen LogP contribution in [0.15, 0.2) is 30.5 Å². The summed E-state index contributed by atoms with van der Waals surface area (Å²) in [4.78, 5) is 11.7. The van der Waals surface area contributed by atoms with Crippen LogP contribution in [0.25, 0.3) is 0 Å². The lowest BCUT2D eigenvalue weighted by atomic mass is 10.1. The van der Waals surface area contributed by atoms with E-state index in [2.05, 4.69) is 15.5 Å². The summed E-state index contributed by atoms with van der Waals surface area (Å²) in [6.45, 7) is 0. The van der Waals surface area contributed by atoms with Crippen LogP contribution in [0, 0.1) is 0 Å². The molecule has 82 valence electrons. The standard InChI is InChI=1S/C10H9N3O3/c14-6-2-1-3-7(15)9(6)10(16)12-8-4-5-11-13-8/h1-5,14-15H,(H2,11,12,13,16). The second kappa shape index (κ2) is 3.93. The van der Waals surface area contributed by atoms with E-state index in [0.29, 0.717) is 5.82 Å². The molecule has 0 aliphatic carbocycles. The smallest absolute Gasteiger partial charge is 0.264 e. The van der Waals surface area contributed by atoms with Gasteiger partial charge in [-0.15, -0.1) is 0 Å². The Kier molecular flexibility index (Phi) is 2.47. The predicted molar refractivity (Wildman–Crippen MR) is 56.3 cm³/mol. The Morgan fingerprint density at radius 1 is 1.25 bits per heavy atom. The Hall–Kier alpha value is -2.50. The van der Waals surface area contributed by atoms with Gasteiger partial charge in [0.15, 0.2) is 0 Å². The molecule has 0 saturated carbocycles. The van der Waals surface area contributed by atoms with E-state index in [9.17, 15) is 15.0 Å². The molecule has 0 radical (unpaired) electrons. The molecular formula is C10H9N3O3.